The predicted molar refractivity (Wildman–Crippen MR) is 54.0 cm³/mol. The Kier molecular flexibility index (Phi) is 2.77. The molecule has 2 rings (SSSR count). The largest absolute Gasteiger partial charge is 0.419 e. The molecule has 0 aromatic carbocycles. The van der Waals surface area contributed by atoms with Gasteiger partial charge in [0.25, 0.3) is 5.89 Å². The van der Waals surface area contributed by atoms with Gasteiger partial charge in [-0.15, -0.1) is 10.2 Å². The summed E-state index contributed by atoms with van der Waals surface area (Å²) in [5.74, 6) is 1.10. The zero-order chi connectivity index (χ0) is 10.7. The van der Waals surface area contributed by atoms with Crippen molar-refractivity contribution in [1.29, 1.82) is 0 Å². The second-order valence-corrected chi connectivity index (χ2v) is 3.18. The summed E-state index contributed by atoms with van der Waals surface area (Å²) in [7, 11) is 1.87. The standard InChI is InChI=1S/C9H13N5O/c1-3-7(10-2)9-14-13-8(15-9)6-4-11-12-5-6/h4-5,7,10H,3H2,1-2H3,(H,11,12). The van der Waals surface area contributed by atoms with Crippen molar-refractivity contribution in [3.63, 3.8) is 0 Å². The summed E-state index contributed by atoms with van der Waals surface area (Å²) in [6.07, 6.45) is 4.28. The Hall–Kier alpha value is -1.69. The fraction of sp³-hybridized carbons (Fsp3) is 0.444. The van der Waals surface area contributed by atoms with Crippen LogP contribution in [-0.2, 0) is 0 Å². The summed E-state index contributed by atoms with van der Waals surface area (Å²) in [5.41, 5.74) is 0.805. The molecule has 0 amide bonds. The first-order valence-electron chi connectivity index (χ1n) is 4.85. The molecular formula is C9H13N5O. The molecule has 1 unspecified atom stereocenters. The fourth-order valence-electron chi connectivity index (χ4n) is 1.36. The summed E-state index contributed by atoms with van der Waals surface area (Å²) in [6.45, 7) is 2.06. The molecule has 0 aliphatic rings. The highest BCUT2D eigenvalue weighted by Gasteiger charge is 2.15. The number of hydrogen-bond acceptors (Lipinski definition) is 5. The van der Waals surface area contributed by atoms with E-state index in [9.17, 15) is 0 Å². The fourth-order valence-corrected chi connectivity index (χ4v) is 1.36. The smallest absolute Gasteiger partial charge is 0.250 e. The Bertz CT molecular complexity index is 404. The third-order valence-electron chi connectivity index (χ3n) is 2.24. The molecule has 2 aromatic rings. The summed E-state index contributed by atoms with van der Waals surface area (Å²) in [6, 6.07) is 0.109. The van der Waals surface area contributed by atoms with Crippen molar-refractivity contribution in [3.8, 4) is 11.5 Å². The second-order valence-electron chi connectivity index (χ2n) is 3.18. The van der Waals surface area contributed by atoms with Crippen LogP contribution in [-0.4, -0.2) is 27.4 Å². The van der Waals surface area contributed by atoms with Gasteiger partial charge in [0.2, 0.25) is 5.89 Å². The second kappa shape index (κ2) is 4.22. The summed E-state index contributed by atoms with van der Waals surface area (Å²) in [4.78, 5) is 0. The van der Waals surface area contributed by atoms with Crippen molar-refractivity contribution in [2.75, 3.05) is 7.05 Å². The molecule has 6 nitrogen and oxygen atoms in total. The topological polar surface area (TPSA) is 79.6 Å². The van der Waals surface area contributed by atoms with Gasteiger partial charge < -0.3 is 9.73 Å². The van der Waals surface area contributed by atoms with Crippen molar-refractivity contribution in [2.24, 2.45) is 0 Å². The van der Waals surface area contributed by atoms with E-state index in [0.29, 0.717) is 11.8 Å². The highest BCUT2D eigenvalue weighted by Crippen LogP contribution is 2.20. The number of nitrogens with zero attached hydrogens (tertiary/aromatic N) is 3. The van der Waals surface area contributed by atoms with Crippen LogP contribution in [0.3, 0.4) is 0 Å². The average Bonchev–Trinajstić information content (AvgIpc) is 2.89. The molecule has 0 spiro atoms. The zero-order valence-electron chi connectivity index (χ0n) is 8.69. The van der Waals surface area contributed by atoms with Crippen LogP contribution in [0.5, 0.6) is 0 Å². The Balaban J connectivity index is 2.24. The van der Waals surface area contributed by atoms with Crippen LogP contribution in [0.4, 0.5) is 0 Å². The lowest BCUT2D eigenvalue weighted by Crippen LogP contribution is -2.15. The van der Waals surface area contributed by atoms with Crippen molar-refractivity contribution in [3.05, 3.63) is 18.3 Å². The van der Waals surface area contributed by atoms with Gasteiger partial charge in [-0.3, -0.25) is 5.10 Å². The first-order chi connectivity index (χ1) is 7.35. The Labute approximate surface area is 87.1 Å². The van der Waals surface area contributed by atoms with E-state index in [-0.39, 0.29) is 6.04 Å². The zero-order valence-corrected chi connectivity index (χ0v) is 8.69. The van der Waals surface area contributed by atoms with E-state index in [0.717, 1.165) is 12.0 Å². The van der Waals surface area contributed by atoms with Crippen LogP contribution in [0.1, 0.15) is 25.3 Å². The number of rotatable bonds is 4. The summed E-state index contributed by atoms with van der Waals surface area (Å²) in [5, 5.41) is 17.6. The monoisotopic (exact) mass is 207 g/mol. The molecule has 0 aliphatic carbocycles. The van der Waals surface area contributed by atoms with E-state index in [1.807, 2.05) is 7.05 Å². The molecule has 6 heteroatoms. The van der Waals surface area contributed by atoms with Crippen LogP contribution in [0.15, 0.2) is 16.8 Å². The van der Waals surface area contributed by atoms with Crippen LogP contribution in [0.2, 0.25) is 0 Å². The van der Waals surface area contributed by atoms with Crippen molar-refractivity contribution in [1.82, 2.24) is 25.7 Å². The molecular weight excluding hydrogens is 194 g/mol. The minimum absolute atomic E-state index is 0.109. The van der Waals surface area contributed by atoms with Gasteiger partial charge in [0, 0.05) is 6.20 Å². The molecule has 2 heterocycles. The minimum atomic E-state index is 0.109. The molecule has 80 valence electrons. The van der Waals surface area contributed by atoms with Crippen molar-refractivity contribution in [2.45, 2.75) is 19.4 Å². The van der Waals surface area contributed by atoms with Gasteiger partial charge in [-0.2, -0.15) is 5.10 Å². The van der Waals surface area contributed by atoms with E-state index in [1.54, 1.807) is 12.4 Å². The van der Waals surface area contributed by atoms with E-state index in [2.05, 4.69) is 32.6 Å². The van der Waals surface area contributed by atoms with Gasteiger partial charge in [0.05, 0.1) is 17.8 Å². The third-order valence-corrected chi connectivity index (χ3v) is 2.24. The number of aromatic amines is 1. The minimum Gasteiger partial charge on any atom is -0.419 e. The van der Waals surface area contributed by atoms with Gasteiger partial charge in [0.1, 0.15) is 0 Å². The molecule has 0 fully saturated rings. The highest BCUT2D eigenvalue weighted by atomic mass is 16.4. The highest BCUT2D eigenvalue weighted by molar-refractivity contribution is 5.48. The molecule has 2 N–H and O–H groups in total. The number of aromatic nitrogens is 4. The molecule has 0 aliphatic heterocycles. The van der Waals surface area contributed by atoms with Crippen molar-refractivity contribution >= 4 is 0 Å². The molecule has 1 atom stereocenters. The van der Waals surface area contributed by atoms with E-state index in [1.165, 1.54) is 0 Å². The molecule has 0 radical (unpaired) electrons. The maximum Gasteiger partial charge on any atom is 0.250 e. The van der Waals surface area contributed by atoms with Crippen LogP contribution in [0.25, 0.3) is 11.5 Å². The first kappa shape index (κ1) is 9.85. The van der Waals surface area contributed by atoms with Gasteiger partial charge in [0.15, 0.2) is 0 Å². The maximum atomic E-state index is 5.53. The van der Waals surface area contributed by atoms with Crippen molar-refractivity contribution < 1.29 is 4.42 Å². The Morgan fingerprint density at radius 1 is 1.53 bits per heavy atom. The van der Waals surface area contributed by atoms with Gasteiger partial charge >= 0.3 is 0 Å². The lowest BCUT2D eigenvalue weighted by Gasteiger charge is -2.06. The lowest BCUT2D eigenvalue weighted by atomic mass is 10.2. The normalized spacial score (nSPS) is 12.9. The molecule has 15 heavy (non-hydrogen) atoms. The molecule has 0 saturated carbocycles. The van der Waals surface area contributed by atoms with E-state index < -0.39 is 0 Å². The van der Waals surface area contributed by atoms with E-state index in [4.69, 9.17) is 4.42 Å². The summed E-state index contributed by atoms with van der Waals surface area (Å²) >= 11 is 0. The van der Waals surface area contributed by atoms with Gasteiger partial charge in [-0.05, 0) is 13.5 Å². The third kappa shape index (κ3) is 1.89. The van der Waals surface area contributed by atoms with Crippen LogP contribution in [0, 0.1) is 0 Å². The first-order valence-corrected chi connectivity index (χ1v) is 4.85. The number of H-pyrrole nitrogens is 1. The quantitative estimate of drug-likeness (QED) is 0.785. The average molecular weight is 207 g/mol. The molecule has 0 saturated heterocycles. The van der Waals surface area contributed by atoms with Gasteiger partial charge in [-0.1, -0.05) is 6.92 Å². The van der Waals surface area contributed by atoms with Crippen LogP contribution >= 0.6 is 0 Å². The van der Waals surface area contributed by atoms with Crippen LogP contribution < -0.4 is 5.32 Å². The molecule has 2 aromatic heterocycles. The Morgan fingerprint density at radius 2 is 2.40 bits per heavy atom. The Morgan fingerprint density at radius 3 is 3.00 bits per heavy atom. The number of hydrogen-bond donors (Lipinski definition) is 2. The maximum absolute atomic E-state index is 5.53. The molecule has 0 bridgehead atoms. The van der Waals surface area contributed by atoms with Gasteiger partial charge in [-0.25, -0.2) is 0 Å². The SMILES string of the molecule is CCC(NC)c1nnc(-c2cn[nH]c2)o1. The number of nitrogens with one attached hydrogen (secondary N) is 2. The summed E-state index contributed by atoms with van der Waals surface area (Å²) < 4.78 is 5.53. The lowest BCUT2D eigenvalue weighted by molar-refractivity contribution is 0.415. The van der Waals surface area contributed by atoms with E-state index >= 15 is 0 Å². The predicted octanol–water partition coefficient (Wildman–Crippen LogP) is 1.13.